The van der Waals surface area contributed by atoms with Crippen LogP contribution >= 0.6 is 0 Å². The summed E-state index contributed by atoms with van der Waals surface area (Å²) in [5.74, 6) is 0.514. The smallest absolute Gasteiger partial charge is 0.417 e. The summed E-state index contributed by atoms with van der Waals surface area (Å²) in [6, 6.07) is 2.16. The van der Waals surface area contributed by atoms with Crippen molar-refractivity contribution >= 4 is 17.5 Å². The number of carbonyl (C=O) groups is 2. The number of hydrogen-bond acceptors (Lipinski definition) is 5. The Labute approximate surface area is 153 Å². The number of rotatable bonds is 5. The van der Waals surface area contributed by atoms with E-state index >= 15 is 0 Å². The van der Waals surface area contributed by atoms with Gasteiger partial charge in [-0.25, -0.2) is 4.98 Å². The molecule has 6 nitrogen and oxygen atoms in total. The van der Waals surface area contributed by atoms with Gasteiger partial charge in [-0.3, -0.25) is 9.59 Å². The molecule has 0 saturated heterocycles. The van der Waals surface area contributed by atoms with Gasteiger partial charge in [0.2, 0.25) is 0 Å². The Bertz CT molecular complexity index is 857. The zero-order valence-electron chi connectivity index (χ0n) is 14.6. The molecule has 0 unspecified atom stereocenters. The molecule has 1 aliphatic rings. The third-order valence-electron chi connectivity index (χ3n) is 4.32. The van der Waals surface area contributed by atoms with Crippen molar-refractivity contribution in [1.29, 1.82) is 0 Å². The Morgan fingerprint density at radius 2 is 2.04 bits per heavy atom. The van der Waals surface area contributed by atoms with E-state index in [9.17, 15) is 22.8 Å². The highest BCUT2D eigenvalue weighted by molar-refractivity contribution is 6.03. The summed E-state index contributed by atoms with van der Waals surface area (Å²) >= 11 is 0. The summed E-state index contributed by atoms with van der Waals surface area (Å²) < 4.78 is 43.0. The molecular weight excluding hydrogens is 363 g/mol. The molecule has 1 aliphatic carbocycles. The van der Waals surface area contributed by atoms with Crippen molar-refractivity contribution in [2.45, 2.75) is 32.4 Å². The molecule has 0 saturated carbocycles. The number of aromatic nitrogens is 1. The number of anilines is 1. The first-order valence-electron chi connectivity index (χ1n) is 8.48. The topological polar surface area (TPSA) is 84.2 Å². The van der Waals surface area contributed by atoms with Gasteiger partial charge in [-0.1, -0.05) is 0 Å². The Hall–Kier alpha value is -2.84. The largest absolute Gasteiger partial charge is 0.455 e. The van der Waals surface area contributed by atoms with Crippen molar-refractivity contribution < 1.29 is 27.2 Å². The molecular formula is C18H18F3N3O3. The molecule has 0 radical (unpaired) electrons. The summed E-state index contributed by atoms with van der Waals surface area (Å²) in [6.45, 7) is 2.16. The van der Waals surface area contributed by atoms with Gasteiger partial charge in [-0.2, -0.15) is 13.2 Å². The minimum atomic E-state index is -4.43. The molecule has 9 heteroatoms. The lowest BCUT2D eigenvalue weighted by Crippen LogP contribution is -2.29. The molecule has 2 aromatic heterocycles. The minimum absolute atomic E-state index is 0.00778. The maximum atomic E-state index is 12.5. The number of halogens is 3. The average Bonchev–Trinajstić information content (AvgIpc) is 2.96. The number of Topliss-reactive ketones (excluding diaryl/α,β-unsaturated/α-hetero) is 1. The van der Waals surface area contributed by atoms with Crippen LogP contribution in [-0.4, -0.2) is 29.8 Å². The molecule has 0 aromatic carbocycles. The van der Waals surface area contributed by atoms with E-state index in [1.54, 1.807) is 6.92 Å². The van der Waals surface area contributed by atoms with Crippen LogP contribution in [0.1, 0.15) is 50.6 Å². The molecule has 1 amide bonds. The van der Waals surface area contributed by atoms with Crippen molar-refractivity contribution in [1.82, 2.24) is 10.3 Å². The van der Waals surface area contributed by atoms with E-state index in [0.29, 0.717) is 36.1 Å². The van der Waals surface area contributed by atoms with Gasteiger partial charge in [0, 0.05) is 37.7 Å². The second-order valence-electron chi connectivity index (χ2n) is 6.24. The van der Waals surface area contributed by atoms with E-state index in [2.05, 4.69) is 15.6 Å². The van der Waals surface area contributed by atoms with Crippen LogP contribution in [0.15, 0.2) is 22.7 Å². The summed E-state index contributed by atoms with van der Waals surface area (Å²) in [5, 5.41) is 5.48. The third kappa shape index (κ3) is 4.12. The number of alkyl halides is 3. The lowest BCUT2D eigenvalue weighted by atomic mass is 9.94. The van der Waals surface area contributed by atoms with Crippen LogP contribution in [0.25, 0.3) is 0 Å². The Morgan fingerprint density at radius 3 is 2.67 bits per heavy atom. The number of ketones is 1. The van der Waals surface area contributed by atoms with Crippen LogP contribution in [0.5, 0.6) is 0 Å². The van der Waals surface area contributed by atoms with Crippen LogP contribution in [0, 0.1) is 6.92 Å². The standard InChI is InChI=1S/C18H18F3N3O3/c1-10-15-12(25)3-2-4-13(15)27-16(10)17(26)23-8-7-22-14-6-5-11(9-24-14)18(19,20)21/h5-6,9H,2-4,7-8H2,1H3,(H,22,24)(H,23,26). The number of nitrogens with one attached hydrogen (secondary N) is 2. The van der Waals surface area contributed by atoms with Gasteiger partial charge in [-0.05, 0) is 25.5 Å². The van der Waals surface area contributed by atoms with E-state index in [1.165, 1.54) is 6.07 Å². The maximum Gasteiger partial charge on any atom is 0.417 e. The fourth-order valence-electron chi connectivity index (χ4n) is 2.98. The minimum Gasteiger partial charge on any atom is -0.455 e. The van der Waals surface area contributed by atoms with Gasteiger partial charge >= 0.3 is 6.18 Å². The fourth-order valence-corrected chi connectivity index (χ4v) is 2.98. The highest BCUT2D eigenvalue weighted by Crippen LogP contribution is 2.30. The number of furan rings is 1. The number of fused-ring (bicyclic) bond motifs is 1. The van der Waals surface area contributed by atoms with Crippen LogP contribution in [0.4, 0.5) is 19.0 Å². The first-order chi connectivity index (χ1) is 12.8. The van der Waals surface area contributed by atoms with Crippen LogP contribution in [-0.2, 0) is 12.6 Å². The number of pyridine rings is 1. The number of aryl methyl sites for hydroxylation is 1. The Kier molecular flexibility index (Phi) is 5.20. The van der Waals surface area contributed by atoms with E-state index in [0.717, 1.165) is 12.3 Å². The predicted octanol–water partition coefficient (Wildman–Crippen LogP) is 3.36. The summed E-state index contributed by atoms with van der Waals surface area (Å²) in [5.41, 5.74) is 0.233. The summed E-state index contributed by atoms with van der Waals surface area (Å²) in [7, 11) is 0. The van der Waals surface area contributed by atoms with E-state index < -0.39 is 17.6 Å². The Morgan fingerprint density at radius 1 is 1.26 bits per heavy atom. The number of hydrogen-bond donors (Lipinski definition) is 2. The molecule has 27 heavy (non-hydrogen) atoms. The number of carbonyl (C=O) groups excluding carboxylic acids is 2. The second kappa shape index (κ2) is 7.42. The summed E-state index contributed by atoms with van der Waals surface area (Å²) in [4.78, 5) is 27.9. The molecule has 2 N–H and O–H groups in total. The lowest BCUT2D eigenvalue weighted by Gasteiger charge is -2.09. The zero-order valence-corrected chi connectivity index (χ0v) is 14.6. The van der Waals surface area contributed by atoms with Gasteiger partial charge in [0.25, 0.3) is 5.91 Å². The number of nitrogens with zero attached hydrogens (tertiary/aromatic N) is 1. The molecule has 2 heterocycles. The molecule has 144 valence electrons. The molecule has 0 aliphatic heterocycles. The zero-order chi connectivity index (χ0) is 19.6. The Balaban J connectivity index is 1.53. The van der Waals surface area contributed by atoms with Gasteiger partial charge < -0.3 is 15.1 Å². The van der Waals surface area contributed by atoms with Crippen molar-refractivity contribution in [2.24, 2.45) is 0 Å². The third-order valence-corrected chi connectivity index (χ3v) is 4.32. The normalized spacial score (nSPS) is 14.0. The van der Waals surface area contributed by atoms with E-state index in [1.807, 2.05) is 0 Å². The van der Waals surface area contributed by atoms with Gasteiger partial charge in [0.15, 0.2) is 11.5 Å². The van der Waals surface area contributed by atoms with Crippen molar-refractivity contribution in [3.63, 3.8) is 0 Å². The molecule has 0 spiro atoms. The van der Waals surface area contributed by atoms with Crippen molar-refractivity contribution in [2.75, 3.05) is 18.4 Å². The van der Waals surface area contributed by atoms with Crippen molar-refractivity contribution in [3.05, 3.63) is 46.5 Å². The monoisotopic (exact) mass is 381 g/mol. The van der Waals surface area contributed by atoms with E-state index in [4.69, 9.17) is 4.42 Å². The fraction of sp³-hybridized carbons (Fsp3) is 0.389. The molecule has 0 fully saturated rings. The number of amides is 1. The first kappa shape index (κ1) is 18.9. The van der Waals surface area contributed by atoms with Gasteiger partial charge in [0.1, 0.15) is 11.6 Å². The molecule has 0 bridgehead atoms. The molecule has 2 aromatic rings. The lowest BCUT2D eigenvalue weighted by molar-refractivity contribution is -0.137. The first-order valence-corrected chi connectivity index (χ1v) is 8.48. The van der Waals surface area contributed by atoms with Gasteiger partial charge in [-0.15, -0.1) is 0 Å². The van der Waals surface area contributed by atoms with Crippen LogP contribution in [0.2, 0.25) is 0 Å². The quantitative estimate of drug-likeness (QED) is 0.776. The highest BCUT2D eigenvalue weighted by atomic mass is 19.4. The predicted molar refractivity (Wildman–Crippen MR) is 90.8 cm³/mol. The summed E-state index contributed by atoms with van der Waals surface area (Å²) in [6.07, 6.45) is -1.88. The molecule has 3 rings (SSSR count). The van der Waals surface area contributed by atoms with Gasteiger partial charge in [0.05, 0.1) is 11.1 Å². The molecule has 0 atom stereocenters. The maximum absolute atomic E-state index is 12.5. The SMILES string of the molecule is Cc1c(C(=O)NCCNc2ccc(C(F)(F)F)cn2)oc2c1C(=O)CCC2. The highest BCUT2D eigenvalue weighted by Gasteiger charge is 2.31. The second-order valence-corrected chi connectivity index (χ2v) is 6.24. The van der Waals surface area contributed by atoms with Crippen molar-refractivity contribution in [3.8, 4) is 0 Å². The van der Waals surface area contributed by atoms with E-state index in [-0.39, 0.29) is 30.5 Å². The average molecular weight is 381 g/mol. The van der Waals surface area contributed by atoms with Crippen LogP contribution in [0.3, 0.4) is 0 Å². The van der Waals surface area contributed by atoms with Crippen LogP contribution < -0.4 is 10.6 Å².